The summed E-state index contributed by atoms with van der Waals surface area (Å²) < 4.78 is 3.32. The summed E-state index contributed by atoms with van der Waals surface area (Å²) in [6.45, 7) is 2.17. The maximum Gasteiger partial charge on any atom is 0.120 e. The number of imidazole rings is 1. The zero-order valence-corrected chi connectivity index (χ0v) is 9.15. The van der Waals surface area contributed by atoms with Gasteiger partial charge >= 0.3 is 0 Å². The summed E-state index contributed by atoms with van der Waals surface area (Å²) in [4.78, 5) is 5.55. The largest absolute Gasteiger partial charge is 0.293 e. The Balaban J connectivity index is 2.53. The Morgan fingerprint density at radius 1 is 1.67 bits per heavy atom. The van der Waals surface area contributed by atoms with Gasteiger partial charge in [0.1, 0.15) is 10.7 Å². The summed E-state index contributed by atoms with van der Waals surface area (Å²) in [7, 11) is 0. The zero-order valence-electron chi connectivity index (χ0n) is 6.75. The fourth-order valence-electron chi connectivity index (χ4n) is 1.23. The Morgan fingerprint density at radius 2 is 2.50 bits per heavy atom. The van der Waals surface area contributed by atoms with Gasteiger partial charge in [0.05, 0.1) is 9.98 Å². The van der Waals surface area contributed by atoms with E-state index in [1.807, 2.05) is 6.20 Å². The second-order valence-corrected chi connectivity index (χ2v) is 5.11. The molecule has 0 spiro atoms. The van der Waals surface area contributed by atoms with Gasteiger partial charge in [-0.1, -0.05) is 6.92 Å². The van der Waals surface area contributed by atoms with Crippen molar-refractivity contribution in [2.45, 2.75) is 19.8 Å². The van der Waals surface area contributed by atoms with Gasteiger partial charge in [-0.3, -0.25) is 4.40 Å². The Kier molecular flexibility index (Phi) is 2.19. The first-order valence-corrected chi connectivity index (χ1v) is 5.53. The van der Waals surface area contributed by atoms with E-state index in [9.17, 15) is 0 Å². The molecule has 2 nitrogen and oxygen atoms in total. The predicted octanol–water partition coefficient (Wildman–Crippen LogP) is 3.11. The smallest absolute Gasteiger partial charge is 0.120 e. The second kappa shape index (κ2) is 3.18. The van der Waals surface area contributed by atoms with E-state index in [-0.39, 0.29) is 0 Å². The lowest BCUT2D eigenvalue weighted by Gasteiger charge is -1.92. The van der Waals surface area contributed by atoms with Crippen LogP contribution in [0.1, 0.15) is 19.2 Å². The molecule has 0 aromatic carbocycles. The summed E-state index contributed by atoms with van der Waals surface area (Å²) in [5.74, 6) is 1.16. The van der Waals surface area contributed by atoms with Gasteiger partial charge in [0.25, 0.3) is 0 Å². The number of hydrogen-bond donors (Lipinski definition) is 0. The maximum absolute atomic E-state index is 4.34. The first-order valence-electron chi connectivity index (χ1n) is 3.92. The molecule has 0 saturated heterocycles. The number of fused-ring (bicyclic) bond motifs is 1. The number of hydrogen-bond acceptors (Lipinski definition) is 2. The van der Waals surface area contributed by atoms with Crippen LogP contribution in [-0.2, 0) is 6.42 Å². The van der Waals surface area contributed by atoms with Gasteiger partial charge in [0.15, 0.2) is 0 Å². The third-order valence-corrected chi connectivity index (χ3v) is 3.25. The first-order chi connectivity index (χ1) is 5.81. The molecule has 0 radical (unpaired) electrons. The summed E-state index contributed by atoms with van der Waals surface area (Å²) in [6, 6.07) is 0. The van der Waals surface area contributed by atoms with Crippen LogP contribution in [0.5, 0.6) is 0 Å². The highest BCUT2D eigenvalue weighted by Crippen LogP contribution is 2.24. The normalized spacial score (nSPS) is 11.2. The number of aryl methyl sites for hydroxylation is 1. The van der Waals surface area contributed by atoms with Gasteiger partial charge in [-0.05, 0) is 22.4 Å². The molecule has 0 atom stereocenters. The van der Waals surface area contributed by atoms with Crippen LogP contribution < -0.4 is 0 Å². The van der Waals surface area contributed by atoms with E-state index in [2.05, 4.69) is 38.4 Å². The molecule has 0 fully saturated rings. The second-order valence-electron chi connectivity index (χ2n) is 2.67. The average molecular weight is 245 g/mol. The highest BCUT2D eigenvalue weighted by molar-refractivity contribution is 9.11. The highest BCUT2D eigenvalue weighted by Gasteiger charge is 2.04. The third-order valence-electron chi connectivity index (χ3n) is 1.75. The van der Waals surface area contributed by atoms with Crippen molar-refractivity contribution in [3.05, 3.63) is 22.0 Å². The molecule has 0 aliphatic heterocycles. The summed E-state index contributed by atoms with van der Waals surface area (Å²) >= 11 is 5.17. The van der Waals surface area contributed by atoms with E-state index >= 15 is 0 Å². The molecule has 0 aliphatic carbocycles. The van der Waals surface area contributed by atoms with Gasteiger partial charge < -0.3 is 0 Å². The lowest BCUT2D eigenvalue weighted by Crippen LogP contribution is -1.90. The van der Waals surface area contributed by atoms with Crippen molar-refractivity contribution in [1.82, 2.24) is 9.38 Å². The minimum atomic E-state index is 1.05. The molecule has 0 N–H and O–H groups in total. The minimum Gasteiger partial charge on any atom is -0.293 e. The number of thiazole rings is 1. The van der Waals surface area contributed by atoms with E-state index < -0.39 is 0 Å². The standard InChI is InChI=1S/C8H9BrN2S/c1-2-3-7-10-4-8-11(7)5-6(9)12-8/h4-5H,2-3H2,1H3. The van der Waals surface area contributed by atoms with Crippen LogP contribution in [0.25, 0.3) is 4.83 Å². The fraction of sp³-hybridized carbons (Fsp3) is 0.375. The Bertz CT molecular complexity index is 391. The van der Waals surface area contributed by atoms with E-state index in [1.54, 1.807) is 11.3 Å². The molecular weight excluding hydrogens is 236 g/mol. The molecule has 2 aromatic rings. The van der Waals surface area contributed by atoms with Crippen LogP contribution in [0, 0.1) is 0 Å². The SMILES string of the molecule is CCCc1ncc2sc(Br)cn12. The van der Waals surface area contributed by atoms with Crippen molar-refractivity contribution >= 4 is 32.1 Å². The van der Waals surface area contributed by atoms with Crippen LogP contribution in [0.2, 0.25) is 0 Å². The molecule has 2 rings (SSSR count). The highest BCUT2D eigenvalue weighted by atomic mass is 79.9. The molecule has 2 aromatic heterocycles. The molecule has 0 aliphatic rings. The van der Waals surface area contributed by atoms with Crippen LogP contribution >= 0.6 is 27.3 Å². The lowest BCUT2D eigenvalue weighted by molar-refractivity contribution is 0.833. The topological polar surface area (TPSA) is 17.3 Å². The van der Waals surface area contributed by atoms with Gasteiger partial charge in [0, 0.05) is 12.6 Å². The van der Waals surface area contributed by atoms with Crippen molar-refractivity contribution in [2.24, 2.45) is 0 Å². The van der Waals surface area contributed by atoms with Crippen LogP contribution in [0.3, 0.4) is 0 Å². The molecule has 0 amide bonds. The van der Waals surface area contributed by atoms with Crippen molar-refractivity contribution in [3.8, 4) is 0 Å². The van der Waals surface area contributed by atoms with E-state index in [0.717, 1.165) is 22.5 Å². The molecule has 2 heterocycles. The molecule has 0 bridgehead atoms. The van der Waals surface area contributed by atoms with Crippen LogP contribution in [0.4, 0.5) is 0 Å². The summed E-state index contributed by atoms with van der Waals surface area (Å²) in [6.07, 6.45) is 6.21. The summed E-state index contributed by atoms with van der Waals surface area (Å²) in [5, 5.41) is 0. The van der Waals surface area contributed by atoms with Gasteiger partial charge in [0.2, 0.25) is 0 Å². The van der Waals surface area contributed by atoms with Gasteiger partial charge in [-0.2, -0.15) is 0 Å². The number of rotatable bonds is 2. The molecule has 4 heteroatoms. The van der Waals surface area contributed by atoms with E-state index in [1.165, 1.54) is 4.83 Å². The van der Waals surface area contributed by atoms with E-state index in [4.69, 9.17) is 0 Å². The van der Waals surface area contributed by atoms with Crippen LogP contribution in [-0.4, -0.2) is 9.38 Å². The quantitative estimate of drug-likeness (QED) is 0.794. The lowest BCUT2D eigenvalue weighted by atomic mass is 10.3. The Labute approximate surface area is 83.4 Å². The molecule has 0 unspecified atom stereocenters. The Hall–Kier alpha value is -0.350. The number of nitrogens with zero attached hydrogens (tertiary/aromatic N) is 2. The summed E-state index contributed by atoms with van der Waals surface area (Å²) in [5.41, 5.74) is 0. The predicted molar refractivity (Wildman–Crippen MR) is 54.8 cm³/mol. The third kappa shape index (κ3) is 1.29. The fourth-order valence-corrected chi connectivity index (χ4v) is 2.65. The molecule has 12 heavy (non-hydrogen) atoms. The van der Waals surface area contributed by atoms with Gasteiger partial charge in [-0.25, -0.2) is 4.98 Å². The first kappa shape index (κ1) is 8.26. The zero-order chi connectivity index (χ0) is 8.55. The van der Waals surface area contributed by atoms with Gasteiger partial charge in [-0.15, -0.1) is 11.3 Å². The minimum absolute atomic E-state index is 1.05. The van der Waals surface area contributed by atoms with Crippen LogP contribution in [0.15, 0.2) is 16.2 Å². The van der Waals surface area contributed by atoms with Crippen molar-refractivity contribution < 1.29 is 0 Å². The monoisotopic (exact) mass is 244 g/mol. The molecule has 64 valence electrons. The van der Waals surface area contributed by atoms with Crippen molar-refractivity contribution in [3.63, 3.8) is 0 Å². The number of halogens is 1. The van der Waals surface area contributed by atoms with E-state index in [0.29, 0.717) is 0 Å². The van der Waals surface area contributed by atoms with Crippen molar-refractivity contribution in [1.29, 1.82) is 0 Å². The molecule has 0 saturated carbocycles. The average Bonchev–Trinajstić information content (AvgIpc) is 2.52. The Morgan fingerprint density at radius 3 is 3.25 bits per heavy atom. The molecular formula is C8H9BrN2S. The number of aromatic nitrogens is 2. The maximum atomic E-state index is 4.34. The van der Waals surface area contributed by atoms with Crippen molar-refractivity contribution in [2.75, 3.05) is 0 Å².